The Kier molecular flexibility index (Phi) is 15.1. The third-order valence-corrected chi connectivity index (χ3v) is 9.08. The molecule has 43 heavy (non-hydrogen) atoms. The molecule has 9 nitrogen and oxygen atoms in total. The minimum absolute atomic E-state index is 0.0512. The maximum Gasteiger partial charge on any atom is 0.225 e. The summed E-state index contributed by atoms with van der Waals surface area (Å²) in [6.07, 6.45) is 11.6. The zero-order valence-corrected chi connectivity index (χ0v) is 27.9. The number of hydrogen-bond acceptors (Lipinski definition) is 6. The van der Waals surface area contributed by atoms with Crippen LogP contribution in [0.25, 0.3) is 0 Å². The van der Waals surface area contributed by atoms with Crippen molar-refractivity contribution >= 4 is 17.7 Å². The maximum atomic E-state index is 13.8. The van der Waals surface area contributed by atoms with Crippen molar-refractivity contribution in [2.24, 2.45) is 17.8 Å². The lowest BCUT2D eigenvalue weighted by atomic mass is 9.90. The average molecular weight is 604 g/mol. The van der Waals surface area contributed by atoms with Crippen LogP contribution in [0.1, 0.15) is 80.1 Å². The summed E-state index contributed by atoms with van der Waals surface area (Å²) in [5.74, 6) is -0.423. The molecule has 9 heteroatoms. The smallest absolute Gasteiger partial charge is 0.225 e. The molecule has 2 N–H and O–H groups in total. The first kappa shape index (κ1) is 36.7. The largest absolute Gasteiger partial charge is 0.386 e. The standard InChI is InChI=1S/C34H57N3O6/c1-10-23(4)31(36(7)29(38)20-22(2)3)28(42-8)21-30(39)37-19-15-18-27(37)33(43-9)24(5)34(41)35-25(6)32(40)26-16-13-11-12-14-17-26/h11,13-14,16-17,22-25,27-28,31-33,40H,10,12,15,18-21H2,1-9H3,(H,35,41). The van der Waals surface area contributed by atoms with Gasteiger partial charge in [0.2, 0.25) is 17.7 Å². The number of amides is 3. The number of nitrogens with zero attached hydrogens (tertiary/aromatic N) is 2. The Morgan fingerprint density at radius 3 is 2.40 bits per heavy atom. The number of nitrogens with one attached hydrogen (secondary N) is 1. The van der Waals surface area contributed by atoms with Crippen LogP contribution in [0.15, 0.2) is 36.0 Å². The topological polar surface area (TPSA) is 108 Å². The fraction of sp³-hybridized carbons (Fsp3) is 0.735. The van der Waals surface area contributed by atoms with Crippen LogP contribution in [0, 0.1) is 17.8 Å². The molecule has 2 rings (SSSR count). The fourth-order valence-electron chi connectivity index (χ4n) is 6.34. The van der Waals surface area contributed by atoms with Gasteiger partial charge >= 0.3 is 0 Å². The Morgan fingerprint density at radius 2 is 1.79 bits per heavy atom. The quantitative estimate of drug-likeness (QED) is 0.273. The van der Waals surface area contributed by atoms with Crippen molar-refractivity contribution < 1.29 is 29.0 Å². The van der Waals surface area contributed by atoms with Crippen LogP contribution >= 0.6 is 0 Å². The molecular weight excluding hydrogens is 546 g/mol. The van der Waals surface area contributed by atoms with E-state index >= 15 is 0 Å². The highest BCUT2D eigenvalue weighted by Crippen LogP contribution is 2.29. The molecular formula is C34H57N3O6. The lowest BCUT2D eigenvalue weighted by Gasteiger charge is -2.39. The fourth-order valence-corrected chi connectivity index (χ4v) is 6.34. The maximum absolute atomic E-state index is 13.8. The lowest BCUT2D eigenvalue weighted by Crippen LogP contribution is -2.54. The highest BCUT2D eigenvalue weighted by atomic mass is 16.5. The first-order valence-electron chi connectivity index (χ1n) is 16.0. The monoisotopic (exact) mass is 603 g/mol. The summed E-state index contributed by atoms with van der Waals surface area (Å²) in [5.41, 5.74) is 0.741. The molecule has 1 aliphatic carbocycles. The molecule has 0 aromatic rings. The van der Waals surface area contributed by atoms with E-state index in [1.807, 2.05) is 63.1 Å². The second-order valence-electron chi connectivity index (χ2n) is 12.7. The van der Waals surface area contributed by atoms with Crippen molar-refractivity contribution in [2.45, 2.75) is 117 Å². The number of methoxy groups -OCH3 is 2. The number of hydrogen-bond donors (Lipinski definition) is 2. The molecule has 0 saturated carbocycles. The van der Waals surface area contributed by atoms with Gasteiger partial charge in [-0.05, 0) is 43.6 Å². The molecule has 1 fully saturated rings. The number of carbonyl (C=O) groups excluding carboxylic acids is 3. The summed E-state index contributed by atoms with van der Waals surface area (Å²) in [7, 11) is 5.00. The highest BCUT2D eigenvalue weighted by Gasteiger charge is 2.42. The third-order valence-electron chi connectivity index (χ3n) is 9.08. The molecule has 1 saturated heterocycles. The van der Waals surface area contributed by atoms with Gasteiger partial charge in [0.25, 0.3) is 0 Å². The van der Waals surface area contributed by atoms with E-state index in [9.17, 15) is 19.5 Å². The van der Waals surface area contributed by atoms with Crippen LogP contribution in [0.3, 0.4) is 0 Å². The summed E-state index contributed by atoms with van der Waals surface area (Å²) in [6.45, 7) is 12.4. The van der Waals surface area contributed by atoms with E-state index in [2.05, 4.69) is 19.2 Å². The van der Waals surface area contributed by atoms with E-state index in [0.717, 1.165) is 31.3 Å². The summed E-state index contributed by atoms with van der Waals surface area (Å²) < 4.78 is 11.8. The van der Waals surface area contributed by atoms with Crippen molar-refractivity contribution in [1.29, 1.82) is 0 Å². The normalized spacial score (nSPS) is 21.8. The summed E-state index contributed by atoms with van der Waals surface area (Å²) in [5, 5.41) is 13.8. The van der Waals surface area contributed by atoms with Gasteiger partial charge in [0.05, 0.1) is 48.8 Å². The van der Waals surface area contributed by atoms with Crippen molar-refractivity contribution in [3.63, 3.8) is 0 Å². The van der Waals surface area contributed by atoms with E-state index in [-0.39, 0.29) is 48.1 Å². The van der Waals surface area contributed by atoms with Crippen molar-refractivity contribution in [2.75, 3.05) is 27.8 Å². The van der Waals surface area contributed by atoms with Crippen LogP contribution in [0.2, 0.25) is 0 Å². The van der Waals surface area contributed by atoms with Gasteiger partial charge in [-0.1, -0.05) is 71.4 Å². The number of ether oxygens (including phenoxy) is 2. The first-order chi connectivity index (χ1) is 20.4. The predicted molar refractivity (Wildman–Crippen MR) is 170 cm³/mol. The number of aliphatic hydroxyl groups excluding tert-OH is 1. The molecule has 8 unspecified atom stereocenters. The zero-order chi connectivity index (χ0) is 32.3. The molecule has 0 aromatic heterocycles. The Labute approximate surface area is 259 Å². The number of likely N-dealkylation sites (N-methyl/N-ethyl adjacent to an activating group) is 1. The third kappa shape index (κ3) is 10.0. The molecule has 0 bridgehead atoms. The van der Waals surface area contributed by atoms with Gasteiger partial charge in [-0.15, -0.1) is 0 Å². The Morgan fingerprint density at radius 1 is 1.09 bits per heavy atom. The van der Waals surface area contributed by atoms with Gasteiger partial charge in [-0.2, -0.15) is 0 Å². The second-order valence-corrected chi connectivity index (χ2v) is 12.7. The van der Waals surface area contributed by atoms with Gasteiger partial charge in [0, 0.05) is 34.2 Å². The van der Waals surface area contributed by atoms with Gasteiger partial charge in [0.1, 0.15) is 0 Å². The molecule has 0 aromatic carbocycles. The highest BCUT2D eigenvalue weighted by molar-refractivity contribution is 5.81. The van der Waals surface area contributed by atoms with Crippen LogP contribution in [-0.4, -0.2) is 96.9 Å². The Hall–Kier alpha value is -2.49. The Balaban J connectivity index is 2.15. The van der Waals surface area contributed by atoms with E-state index < -0.39 is 30.3 Å². The molecule has 1 aliphatic heterocycles. The van der Waals surface area contributed by atoms with Crippen LogP contribution < -0.4 is 5.32 Å². The molecule has 0 radical (unpaired) electrons. The minimum Gasteiger partial charge on any atom is -0.386 e. The number of likely N-dealkylation sites (tertiary alicyclic amines) is 1. The average Bonchev–Trinajstić information content (AvgIpc) is 3.29. The van der Waals surface area contributed by atoms with Crippen LogP contribution in [0.4, 0.5) is 0 Å². The Bertz CT molecular complexity index is 1010. The van der Waals surface area contributed by atoms with E-state index in [0.29, 0.717) is 13.0 Å². The number of allylic oxidation sites excluding steroid dienone is 4. The molecule has 1 heterocycles. The molecule has 3 amide bonds. The molecule has 0 spiro atoms. The molecule has 2 aliphatic rings. The van der Waals surface area contributed by atoms with E-state index in [1.54, 1.807) is 26.0 Å². The molecule has 244 valence electrons. The number of rotatable bonds is 16. The van der Waals surface area contributed by atoms with Crippen molar-refractivity contribution in [3.05, 3.63) is 36.0 Å². The molecule has 8 atom stereocenters. The summed E-state index contributed by atoms with van der Waals surface area (Å²) in [6, 6.07) is -1.02. The first-order valence-corrected chi connectivity index (χ1v) is 16.0. The lowest BCUT2D eigenvalue weighted by molar-refractivity contribution is -0.146. The zero-order valence-electron chi connectivity index (χ0n) is 27.9. The van der Waals surface area contributed by atoms with Gasteiger partial charge in [0.15, 0.2) is 0 Å². The van der Waals surface area contributed by atoms with Gasteiger partial charge < -0.3 is 29.7 Å². The minimum atomic E-state index is -0.851. The van der Waals surface area contributed by atoms with E-state index in [4.69, 9.17) is 9.47 Å². The van der Waals surface area contributed by atoms with Gasteiger partial charge in [-0.25, -0.2) is 0 Å². The van der Waals surface area contributed by atoms with Crippen molar-refractivity contribution in [3.8, 4) is 0 Å². The van der Waals surface area contributed by atoms with Gasteiger partial charge in [-0.3, -0.25) is 14.4 Å². The van der Waals surface area contributed by atoms with Crippen molar-refractivity contribution in [1.82, 2.24) is 15.1 Å². The number of aliphatic hydroxyl groups is 1. The summed E-state index contributed by atoms with van der Waals surface area (Å²) >= 11 is 0. The van der Waals surface area contributed by atoms with Crippen LogP contribution in [-0.2, 0) is 23.9 Å². The van der Waals surface area contributed by atoms with Crippen LogP contribution in [0.5, 0.6) is 0 Å². The SMILES string of the molecule is CCC(C)C(C(CC(=O)N1CCCC1C(OC)C(C)C(=O)NC(C)C(O)C1=CC=CCC=C1)OC)N(C)C(=O)CC(C)C. The summed E-state index contributed by atoms with van der Waals surface area (Å²) in [4.78, 5) is 43.8. The number of carbonyl (C=O) groups is 3. The van der Waals surface area contributed by atoms with E-state index in [1.165, 1.54) is 0 Å². The second kappa shape index (κ2) is 17.7. The predicted octanol–water partition coefficient (Wildman–Crippen LogP) is 4.26.